The van der Waals surface area contributed by atoms with Gasteiger partial charge >= 0.3 is 6.18 Å². The highest BCUT2D eigenvalue weighted by Crippen LogP contribution is 2.24. The van der Waals surface area contributed by atoms with Crippen molar-refractivity contribution in [1.29, 1.82) is 5.26 Å². The highest BCUT2D eigenvalue weighted by molar-refractivity contribution is 7.10. The van der Waals surface area contributed by atoms with Crippen LogP contribution in [0.15, 0.2) is 11.4 Å². The maximum atomic E-state index is 12.1. The van der Waals surface area contributed by atoms with Crippen LogP contribution in [-0.2, 0) is 11.3 Å². The second-order valence-electron chi connectivity index (χ2n) is 5.21. The molecule has 1 aromatic rings. The molecule has 2 atom stereocenters. The Morgan fingerprint density at radius 3 is 2.90 bits per heavy atom. The summed E-state index contributed by atoms with van der Waals surface area (Å²) in [5.74, 6) is 0. The van der Waals surface area contributed by atoms with Crippen molar-refractivity contribution in [2.24, 2.45) is 0 Å². The van der Waals surface area contributed by atoms with Gasteiger partial charge in [-0.1, -0.05) is 0 Å². The molecule has 1 N–H and O–H groups in total. The predicted octanol–water partition coefficient (Wildman–Crippen LogP) is 3.60. The zero-order chi connectivity index (χ0) is 15.3. The molecule has 0 radical (unpaired) electrons. The third kappa shape index (κ3) is 5.65. The standard InChI is InChI=1S/C14H17F3N2OS/c15-14(16,17)9-20-12-3-1-2-11(5-12)19-7-13-4-10(6-18)8-21-13/h4,8,11-12,19H,1-3,5,7,9H2. The molecule has 116 valence electrons. The third-order valence-corrected chi connectivity index (χ3v) is 4.39. The number of rotatable bonds is 5. The van der Waals surface area contributed by atoms with Crippen molar-refractivity contribution in [3.05, 3.63) is 21.9 Å². The first-order chi connectivity index (χ1) is 9.96. The summed E-state index contributed by atoms with van der Waals surface area (Å²) < 4.78 is 41.4. The van der Waals surface area contributed by atoms with Crippen molar-refractivity contribution in [3.8, 4) is 6.07 Å². The highest BCUT2D eigenvalue weighted by Gasteiger charge is 2.31. The molecule has 0 saturated heterocycles. The Balaban J connectivity index is 1.75. The first kappa shape index (κ1) is 16.3. The zero-order valence-electron chi connectivity index (χ0n) is 11.4. The number of nitrogens with one attached hydrogen (secondary N) is 1. The van der Waals surface area contributed by atoms with E-state index in [-0.39, 0.29) is 12.1 Å². The van der Waals surface area contributed by atoms with Gasteiger partial charge < -0.3 is 10.1 Å². The average Bonchev–Trinajstić information content (AvgIpc) is 2.91. The van der Waals surface area contributed by atoms with Crippen LogP contribution in [0.25, 0.3) is 0 Å². The fraction of sp³-hybridized carbons (Fsp3) is 0.643. The largest absolute Gasteiger partial charge is 0.411 e. The zero-order valence-corrected chi connectivity index (χ0v) is 12.3. The summed E-state index contributed by atoms with van der Waals surface area (Å²) in [7, 11) is 0. The molecule has 21 heavy (non-hydrogen) atoms. The van der Waals surface area contributed by atoms with Crippen molar-refractivity contribution in [2.75, 3.05) is 6.61 Å². The summed E-state index contributed by atoms with van der Waals surface area (Å²) >= 11 is 1.51. The SMILES string of the molecule is N#Cc1csc(CNC2CCCC(OCC(F)(F)F)C2)c1. The number of nitrogens with zero attached hydrogens (tertiary/aromatic N) is 1. The third-order valence-electron chi connectivity index (χ3n) is 3.46. The van der Waals surface area contributed by atoms with E-state index in [9.17, 15) is 13.2 Å². The normalized spacial score (nSPS) is 23.0. The lowest BCUT2D eigenvalue weighted by molar-refractivity contribution is -0.188. The van der Waals surface area contributed by atoms with Crippen LogP contribution in [-0.4, -0.2) is 24.9 Å². The summed E-state index contributed by atoms with van der Waals surface area (Å²) in [5, 5.41) is 13.9. The molecule has 7 heteroatoms. The average molecular weight is 318 g/mol. The van der Waals surface area contributed by atoms with Gasteiger partial charge in [0.15, 0.2) is 0 Å². The van der Waals surface area contributed by atoms with Crippen molar-refractivity contribution in [1.82, 2.24) is 5.32 Å². The number of ether oxygens (including phenoxy) is 1. The molecular weight excluding hydrogens is 301 g/mol. The molecule has 0 spiro atoms. The molecule has 3 nitrogen and oxygen atoms in total. The van der Waals surface area contributed by atoms with E-state index in [1.165, 1.54) is 11.3 Å². The Morgan fingerprint density at radius 2 is 2.24 bits per heavy atom. The Kier molecular flexibility index (Phi) is 5.62. The van der Waals surface area contributed by atoms with Gasteiger partial charge in [-0.05, 0) is 31.7 Å². The smallest absolute Gasteiger partial charge is 0.369 e. The molecule has 0 bridgehead atoms. The van der Waals surface area contributed by atoms with Crippen LogP contribution >= 0.6 is 11.3 Å². The summed E-state index contributed by atoms with van der Waals surface area (Å²) in [6.07, 6.45) is -1.48. The number of alkyl halides is 3. The van der Waals surface area contributed by atoms with E-state index in [0.717, 1.165) is 17.7 Å². The minimum absolute atomic E-state index is 0.171. The predicted molar refractivity (Wildman–Crippen MR) is 73.9 cm³/mol. The number of nitriles is 1. The van der Waals surface area contributed by atoms with Gasteiger partial charge in [0.1, 0.15) is 12.7 Å². The second-order valence-corrected chi connectivity index (χ2v) is 6.20. The van der Waals surface area contributed by atoms with E-state index < -0.39 is 12.8 Å². The second kappa shape index (κ2) is 7.25. The van der Waals surface area contributed by atoms with Gasteiger partial charge in [-0.15, -0.1) is 11.3 Å². The number of thiophene rings is 1. The van der Waals surface area contributed by atoms with E-state index in [1.807, 2.05) is 6.07 Å². The summed E-state index contributed by atoms with van der Waals surface area (Å²) in [4.78, 5) is 1.06. The van der Waals surface area contributed by atoms with Gasteiger partial charge in [0.05, 0.1) is 11.7 Å². The highest BCUT2D eigenvalue weighted by atomic mass is 32.1. The molecule has 1 aromatic heterocycles. The van der Waals surface area contributed by atoms with Crippen molar-refractivity contribution in [3.63, 3.8) is 0 Å². The Bertz CT molecular complexity index is 495. The van der Waals surface area contributed by atoms with Gasteiger partial charge in [-0.2, -0.15) is 18.4 Å². The van der Waals surface area contributed by atoms with Gasteiger partial charge in [0, 0.05) is 22.8 Å². The number of hydrogen-bond acceptors (Lipinski definition) is 4. The van der Waals surface area contributed by atoms with Crippen LogP contribution in [0.2, 0.25) is 0 Å². The molecule has 1 heterocycles. The first-order valence-electron chi connectivity index (χ1n) is 6.85. The molecule has 1 aliphatic carbocycles. The molecule has 2 rings (SSSR count). The lowest BCUT2D eigenvalue weighted by atomic mass is 9.93. The summed E-state index contributed by atoms with van der Waals surface area (Å²) in [6.45, 7) is -0.524. The Morgan fingerprint density at radius 1 is 1.43 bits per heavy atom. The molecule has 0 aliphatic heterocycles. The quantitative estimate of drug-likeness (QED) is 0.902. The minimum atomic E-state index is -4.26. The van der Waals surface area contributed by atoms with E-state index in [4.69, 9.17) is 10.00 Å². The lowest BCUT2D eigenvalue weighted by Gasteiger charge is -2.30. The van der Waals surface area contributed by atoms with E-state index >= 15 is 0 Å². The van der Waals surface area contributed by atoms with Gasteiger partial charge in [-0.25, -0.2) is 0 Å². The van der Waals surface area contributed by atoms with Crippen LogP contribution in [0.5, 0.6) is 0 Å². The minimum Gasteiger partial charge on any atom is -0.369 e. The summed E-state index contributed by atoms with van der Waals surface area (Å²) in [5.41, 5.74) is 0.645. The molecule has 0 aromatic carbocycles. The van der Waals surface area contributed by atoms with Crippen LogP contribution < -0.4 is 5.32 Å². The Hall–Kier alpha value is -1.10. The molecule has 2 unspecified atom stereocenters. The van der Waals surface area contributed by atoms with Crippen LogP contribution in [0.1, 0.15) is 36.1 Å². The molecule has 0 amide bonds. The molecule has 1 aliphatic rings. The lowest BCUT2D eigenvalue weighted by Crippen LogP contribution is -2.37. The van der Waals surface area contributed by atoms with E-state index in [2.05, 4.69) is 11.4 Å². The molecule has 1 fully saturated rings. The van der Waals surface area contributed by atoms with Crippen LogP contribution in [0.4, 0.5) is 13.2 Å². The van der Waals surface area contributed by atoms with Crippen molar-refractivity contribution in [2.45, 2.75) is 50.6 Å². The monoisotopic (exact) mass is 318 g/mol. The first-order valence-corrected chi connectivity index (χ1v) is 7.73. The van der Waals surface area contributed by atoms with Gasteiger partial charge in [-0.3, -0.25) is 0 Å². The van der Waals surface area contributed by atoms with Gasteiger partial charge in [0.25, 0.3) is 0 Å². The van der Waals surface area contributed by atoms with E-state index in [1.54, 1.807) is 5.38 Å². The molecule has 1 saturated carbocycles. The van der Waals surface area contributed by atoms with Crippen LogP contribution in [0.3, 0.4) is 0 Å². The van der Waals surface area contributed by atoms with Gasteiger partial charge in [0.2, 0.25) is 0 Å². The Labute approximate surface area is 125 Å². The fourth-order valence-corrected chi connectivity index (χ4v) is 3.23. The summed E-state index contributed by atoms with van der Waals surface area (Å²) in [6, 6.07) is 4.08. The fourth-order valence-electron chi connectivity index (χ4n) is 2.47. The molecular formula is C14H17F3N2OS. The number of hydrogen-bond donors (Lipinski definition) is 1. The maximum Gasteiger partial charge on any atom is 0.411 e. The van der Waals surface area contributed by atoms with Crippen molar-refractivity contribution < 1.29 is 17.9 Å². The van der Waals surface area contributed by atoms with Crippen LogP contribution in [0, 0.1) is 11.3 Å². The van der Waals surface area contributed by atoms with E-state index in [0.29, 0.717) is 24.9 Å². The maximum absolute atomic E-state index is 12.1. The topological polar surface area (TPSA) is 45.0 Å². The number of halogens is 3. The van der Waals surface area contributed by atoms with Crippen molar-refractivity contribution >= 4 is 11.3 Å².